The molecule has 3 rings (SSSR count). The minimum absolute atomic E-state index is 0.0125. The summed E-state index contributed by atoms with van der Waals surface area (Å²) in [5.41, 5.74) is 0.442. The van der Waals surface area contributed by atoms with Crippen molar-refractivity contribution in [1.82, 2.24) is 4.98 Å². The maximum Gasteiger partial charge on any atom is 0.343 e. The van der Waals surface area contributed by atoms with Gasteiger partial charge in [0.25, 0.3) is 0 Å². The molecule has 1 aromatic heterocycles. The van der Waals surface area contributed by atoms with E-state index in [1.54, 1.807) is 13.0 Å². The Hall–Kier alpha value is -3.67. The first-order valence-electron chi connectivity index (χ1n) is 12.1. The number of hydrogen-bond donors (Lipinski definition) is 2. The van der Waals surface area contributed by atoms with Gasteiger partial charge in [-0.2, -0.15) is 5.26 Å². The first kappa shape index (κ1) is 26.9. The Labute approximate surface area is 211 Å². The van der Waals surface area contributed by atoms with Crippen LogP contribution in [0.1, 0.15) is 74.4 Å². The third kappa shape index (κ3) is 6.94. The van der Waals surface area contributed by atoms with E-state index < -0.39 is 11.6 Å². The number of carbonyl (C=O) groups excluding carboxylic acids is 2. The molecule has 1 fully saturated rings. The second kappa shape index (κ2) is 11.4. The average molecular weight is 497 g/mol. The van der Waals surface area contributed by atoms with Gasteiger partial charge in [-0.25, -0.2) is 14.2 Å². The Morgan fingerprint density at radius 3 is 2.58 bits per heavy atom. The van der Waals surface area contributed by atoms with Crippen LogP contribution < -0.4 is 10.6 Å². The normalized spacial score (nSPS) is 17.6. The number of pyridine rings is 1. The number of nitrogens with one attached hydrogen (secondary N) is 2. The van der Waals surface area contributed by atoms with Crippen LogP contribution in [-0.2, 0) is 14.3 Å². The fourth-order valence-corrected chi connectivity index (χ4v) is 4.39. The van der Waals surface area contributed by atoms with Crippen molar-refractivity contribution in [2.75, 3.05) is 17.7 Å². The number of aryl methyl sites for hydroxylation is 1. The van der Waals surface area contributed by atoms with Gasteiger partial charge in [-0.1, -0.05) is 12.8 Å². The predicted molar refractivity (Wildman–Crippen MR) is 135 cm³/mol. The van der Waals surface area contributed by atoms with E-state index in [9.17, 15) is 19.2 Å². The zero-order valence-corrected chi connectivity index (χ0v) is 21.4. The van der Waals surface area contributed by atoms with Crippen molar-refractivity contribution in [2.45, 2.75) is 71.4 Å². The maximum atomic E-state index is 13.8. The summed E-state index contributed by atoms with van der Waals surface area (Å²) in [4.78, 5) is 29.6. The summed E-state index contributed by atoms with van der Waals surface area (Å²) in [7, 11) is 1.23. The molecule has 2 atom stereocenters. The molecule has 0 bridgehead atoms. The van der Waals surface area contributed by atoms with Gasteiger partial charge in [0.05, 0.1) is 19.1 Å². The highest BCUT2D eigenvalue weighted by Crippen LogP contribution is 2.32. The lowest BCUT2D eigenvalue weighted by Gasteiger charge is -2.33. The third-order valence-electron chi connectivity index (χ3n) is 6.04. The summed E-state index contributed by atoms with van der Waals surface area (Å²) in [6, 6.07) is 7.92. The molecule has 2 N–H and O–H groups in total. The lowest BCUT2D eigenvalue weighted by Crippen LogP contribution is -2.35. The summed E-state index contributed by atoms with van der Waals surface area (Å²) in [6.07, 6.45) is 3.98. The Morgan fingerprint density at radius 1 is 1.22 bits per heavy atom. The Kier molecular flexibility index (Phi) is 8.51. The molecule has 0 radical (unpaired) electrons. The van der Waals surface area contributed by atoms with Crippen LogP contribution in [0.2, 0.25) is 0 Å². The summed E-state index contributed by atoms with van der Waals surface area (Å²) >= 11 is 0. The summed E-state index contributed by atoms with van der Waals surface area (Å²) in [5, 5.41) is 16.2. The molecule has 0 spiro atoms. The first-order valence-corrected chi connectivity index (χ1v) is 12.1. The zero-order chi connectivity index (χ0) is 26.5. The van der Waals surface area contributed by atoms with E-state index in [2.05, 4.69) is 15.6 Å². The number of benzene rings is 1. The molecule has 1 aliphatic carbocycles. The van der Waals surface area contributed by atoms with E-state index in [0.717, 1.165) is 25.7 Å². The molecule has 1 aliphatic rings. The molecule has 1 aromatic carbocycles. The van der Waals surface area contributed by atoms with Crippen LogP contribution in [0.25, 0.3) is 0 Å². The molecule has 2 aromatic rings. The van der Waals surface area contributed by atoms with Gasteiger partial charge in [-0.15, -0.1) is 0 Å². The van der Waals surface area contributed by atoms with E-state index in [-0.39, 0.29) is 47.1 Å². The van der Waals surface area contributed by atoms with Crippen LogP contribution >= 0.6 is 0 Å². The number of halogens is 1. The number of esters is 2. The topological polar surface area (TPSA) is 113 Å². The number of rotatable bonds is 7. The monoisotopic (exact) mass is 496 g/mol. The van der Waals surface area contributed by atoms with Gasteiger partial charge in [-0.05, 0) is 76.3 Å². The van der Waals surface area contributed by atoms with E-state index in [0.29, 0.717) is 17.1 Å². The average Bonchev–Trinajstić information content (AvgIpc) is 2.80. The largest absolute Gasteiger partial charge is 0.465 e. The minimum Gasteiger partial charge on any atom is -0.465 e. The lowest BCUT2D eigenvalue weighted by molar-refractivity contribution is -0.156. The molecule has 0 aliphatic heterocycles. The van der Waals surface area contributed by atoms with Gasteiger partial charge in [-0.3, -0.25) is 4.79 Å². The van der Waals surface area contributed by atoms with Crippen LogP contribution in [0.5, 0.6) is 0 Å². The van der Waals surface area contributed by atoms with Gasteiger partial charge in [0.15, 0.2) is 0 Å². The standard InChI is InChI=1S/C27H33FN4O4/c1-16-12-19(10-11-20(16)28)30-25-24(26(34)35-5)18(15-29)13-22(32-25)31-21-9-7-6-8-17(21)14-23(33)36-27(2,3)4/h10-13,17,21H,6-9,14H2,1-5H3,(H2,30,31,32)/t17-,21-/m1/s1. The smallest absolute Gasteiger partial charge is 0.343 e. The molecule has 9 heteroatoms. The van der Waals surface area contributed by atoms with Crippen LogP contribution in [-0.4, -0.2) is 35.7 Å². The highest BCUT2D eigenvalue weighted by Gasteiger charge is 2.30. The van der Waals surface area contributed by atoms with Crippen molar-refractivity contribution in [3.8, 4) is 6.07 Å². The van der Waals surface area contributed by atoms with Crippen molar-refractivity contribution >= 4 is 29.3 Å². The number of aromatic nitrogens is 1. The van der Waals surface area contributed by atoms with Crippen LogP contribution in [0, 0.1) is 30.0 Å². The van der Waals surface area contributed by atoms with E-state index in [1.807, 2.05) is 26.8 Å². The van der Waals surface area contributed by atoms with Crippen LogP contribution in [0.4, 0.5) is 21.7 Å². The molecule has 1 heterocycles. The van der Waals surface area contributed by atoms with Crippen LogP contribution in [0.3, 0.4) is 0 Å². The Bertz CT molecular complexity index is 1170. The molecular formula is C27H33FN4O4. The Morgan fingerprint density at radius 2 is 1.94 bits per heavy atom. The summed E-state index contributed by atoms with van der Waals surface area (Å²) in [5.74, 6) is -0.773. The van der Waals surface area contributed by atoms with Gasteiger partial charge < -0.3 is 20.1 Å². The van der Waals surface area contributed by atoms with E-state index >= 15 is 0 Å². The Balaban J connectivity index is 1.92. The summed E-state index contributed by atoms with van der Waals surface area (Å²) < 4.78 is 24.2. The second-order valence-electron chi connectivity index (χ2n) is 10.1. The van der Waals surface area contributed by atoms with Gasteiger partial charge in [0.1, 0.15) is 34.7 Å². The maximum absolute atomic E-state index is 13.8. The quantitative estimate of drug-likeness (QED) is 0.474. The van der Waals surface area contributed by atoms with Crippen LogP contribution in [0.15, 0.2) is 24.3 Å². The zero-order valence-electron chi connectivity index (χ0n) is 21.4. The van der Waals surface area contributed by atoms with Gasteiger partial charge in [0, 0.05) is 11.7 Å². The van der Waals surface area contributed by atoms with Crippen molar-refractivity contribution < 1.29 is 23.5 Å². The molecule has 0 unspecified atom stereocenters. The highest BCUT2D eigenvalue weighted by molar-refractivity contribution is 5.98. The second-order valence-corrected chi connectivity index (χ2v) is 10.1. The van der Waals surface area contributed by atoms with E-state index in [4.69, 9.17) is 9.47 Å². The summed E-state index contributed by atoms with van der Waals surface area (Å²) in [6.45, 7) is 7.15. The first-order chi connectivity index (χ1) is 17.0. The number of anilines is 3. The molecule has 8 nitrogen and oxygen atoms in total. The molecular weight excluding hydrogens is 463 g/mol. The molecule has 0 amide bonds. The van der Waals surface area contributed by atoms with E-state index in [1.165, 1.54) is 25.3 Å². The number of methoxy groups -OCH3 is 1. The SMILES string of the molecule is COC(=O)c1c(C#N)cc(N[C@@H]2CCCC[C@@H]2CC(=O)OC(C)(C)C)nc1Nc1ccc(F)c(C)c1. The minimum atomic E-state index is -0.715. The number of hydrogen-bond acceptors (Lipinski definition) is 8. The van der Waals surface area contributed by atoms with Crippen molar-refractivity contribution in [1.29, 1.82) is 5.26 Å². The number of ether oxygens (including phenoxy) is 2. The highest BCUT2D eigenvalue weighted by atomic mass is 19.1. The molecule has 1 saturated carbocycles. The number of nitriles is 1. The van der Waals surface area contributed by atoms with Crippen molar-refractivity contribution in [3.63, 3.8) is 0 Å². The predicted octanol–water partition coefficient (Wildman–Crippen LogP) is 5.63. The lowest BCUT2D eigenvalue weighted by atomic mass is 9.82. The number of carbonyl (C=O) groups is 2. The fourth-order valence-electron chi connectivity index (χ4n) is 4.39. The van der Waals surface area contributed by atoms with Crippen molar-refractivity contribution in [2.24, 2.45) is 5.92 Å². The fraction of sp³-hybridized carbons (Fsp3) is 0.481. The van der Waals surface area contributed by atoms with Crippen molar-refractivity contribution in [3.05, 3.63) is 46.8 Å². The van der Waals surface area contributed by atoms with Gasteiger partial charge in [0.2, 0.25) is 0 Å². The van der Waals surface area contributed by atoms with Gasteiger partial charge >= 0.3 is 11.9 Å². The molecule has 0 saturated heterocycles. The third-order valence-corrected chi connectivity index (χ3v) is 6.04. The number of nitrogens with zero attached hydrogens (tertiary/aromatic N) is 2. The molecule has 36 heavy (non-hydrogen) atoms. The molecule has 192 valence electrons.